The zero-order valence-electron chi connectivity index (χ0n) is 17.5. The summed E-state index contributed by atoms with van der Waals surface area (Å²) in [6.45, 7) is 1.39. The molecule has 3 rings (SSSR count). The minimum Gasteiger partial charge on any atom is -0.482 e. The van der Waals surface area contributed by atoms with Gasteiger partial charge in [-0.05, 0) is 48.9 Å². The van der Waals surface area contributed by atoms with Crippen molar-refractivity contribution in [3.8, 4) is 5.75 Å². The predicted molar refractivity (Wildman–Crippen MR) is 138 cm³/mol. The second-order valence-corrected chi connectivity index (χ2v) is 8.94. The Bertz CT molecular complexity index is 1260. The van der Waals surface area contributed by atoms with Crippen LogP contribution < -0.4 is 15.5 Å². The summed E-state index contributed by atoms with van der Waals surface area (Å²) in [5, 5.41) is 8.28. The van der Waals surface area contributed by atoms with Crippen LogP contribution in [0.15, 0.2) is 59.7 Å². The first-order valence-electron chi connectivity index (χ1n) is 9.61. The molecule has 34 heavy (non-hydrogen) atoms. The topological polar surface area (TPSA) is 79.8 Å². The van der Waals surface area contributed by atoms with E-state index in [0.29, 0.717) is 22.0 Å². The average molecular weight is 560 g/mol. The zero-order valence-corrected chi connectivity index (χ0v) is 21.2. The first kappa shape index (κ1) is 26.1. The van der Waals surface area contributed by atoms with E-state index in [4.69, 9.17) is 62.7 Å². The van der Waals surface area contributed by atoms with E-state index in [1.54, 1.807) is 43.3 Å². The van der Waals surface area contributed by atoms with Crippen molar-refractivity contribution in [3.63, 3.8) is 0 Å². The molecule has 0 atom stereocenters. The maximum Gasteiger partial charge on any atom is 0.277 e. The number of carbonyl (C=O) groups is 2. The van der Waals surface area contributed by atoms with Crippen LogP contribution in [0.1, 0.15) is 22.8 Å². The van der Waals surface area contributed by atoms with Gasteiger partial charge in [0.25, 0.3) is 11.8 Å². The van der Waals surface area contributed by atoms with Gasteiger partial charge >= 0.3 is 0 Å². The monoisotopic (exact) mass is 557 g/mol. The van der Waals surface area contributed by atoms with Gasteiger partial charge in [-0.25, -0.2) is 5.43 Å². The number of hydrogen-bond donors (Lipinski definition) is 2. The summed E-state index contributed by atoms with van der Waals surface area (Å²) in [5.74, 6) is -0.635. The number of hydrazone groups is 1. The van der Waals surface area contributed by atoms with Crippen molar-refractivity contribution in [1.29, 1.82) is 0 Å². The average Bonchev–Trinajstić information content (AvgIpc) is 2.79. The minimum absolute atomic E-state index is 0.226. The number of anilines is 1. The van der Waals surface area contributed by atoms with Gasteiger partial charge < -0.3 is 10.1 Å². The van der Waals surface area contributed by atoms with Gasteiger partial charge in [-0.3, -0.25) is 9.59 Å². The largest absolute Gasteiger partial charge is 0.482 e. The molecule has 11 heteroatoms. The van der Waals surface area contributed by atoms with Crippen LogP contribution in [-0.4, -0.2) is 24.1 Å². The van der Waals surface area contributed by atoms with Crippen molar-refractivity contribution < 1.29 is 14.3 Å². The van der Waals surface area contributed by atoms with Gasteiger partial charge in [-0.2, -0.15) is 5.10 Å². The van der Waals surface area contributed by atoms with Crippen LogP contribution in [0.2, 0.25) is 25.1 Å². The Morgan fingerprint density at radius 1 is 0.853 bits per heavy atom. The van der Waals surface area contributed by atoms with Gasteiger partial charge in [-0.15, -0.1) is 0 Å². The molecule has 0 fully saturated rings. The molecular formula is C23H16Cl5N3O3. The Kier molecular flexibility index (Phi) is 9.05. The third-order valence-electron chi connectivity index (χ3n) is 4.42. The van der Waals surface area contributed by atoms with E-state index in [1.165, 1.54) is 18.2 Å². The van der Waals surface area contributed by atoms with Crippen molar-refractivity contribution >= 4 is 81.2 Å². The number of carbonyl (C=O) groups excluding carboxylic acids is 2. The van der Waals surface area contributed by atoms with E-state index < -0.39 is 5.91 Å². The van der Waals surface area contributed by atoms with Gasteiger partial charge in [-0.1, -0.05) is 70.1 Å². The van der Waals surface area contributed by atoms with Crippen molar-refractivity contribution in [2.45, 2.75) is 6.92 Å². The van der Waals surface area contributed by atoms with E-state index >= 15 is 0 Å². The van der Waals surface area contributed by atoms with Gasteiger partial charge in [0.05, 0.1) is 31.4 Å². The molecule has 0 spiro atoms. The maximum absolute atomic E-state index is 12.4. The molecule has 0 aliphatic rings. The number of benzene rings is 3. The van der Waals surface area contributed by atoms with E-state index in [2.05, 4.69) is 15.8 Å². The van der Waals surface area contributed by atoms with E-state index in [0.717, 1.165) is 5.56 Å². The molecule has 0 aliphatic heterocycles. The summed E-state index contributed by atoms with van der Waals surface area (Å²) in [7, 11) is 0. The molecule has 2 amide bonds. The second kappa shape index (κ2) is 11.8. The van der Waals surface area contributed by atoms with E-state index in [9.17, 15) is 9.59 Å². The van der Waals surface area contributed by atoms with Crippen LogP contribution in [0.25, 0.3) is 0 Å². The summed E-state index contributed by atoms with van der Waals surface area (Å²) < 4.78 is 5.36. The number of ether oxygens (including phenoxy) is 1. The fourth-order valence-electron chi connectivity index (χ4n) is 2.67. The molecule has 0 heterocycles. The van der Waals surface area contributed by atoms with Gasteiger partial charge in [0.1, 0.15) is 5.75 Å². The zero-order chi connectivity index (χ0) is 24.8. The standard InChI is InChI=1S/C23H16Cl5N3O3/c1-12(30-31-22(32)11-34-21-10-19(27)18(26)9-20(21)28)13-2-5-15(6-3-13)29-23(33)16-7-4-14(24)8-17(16)25/h2-10H,11H2,1H3,(H,29,33)(H,31,32)/b30-12-. The minimum atomic E-state index is -0.495. The molecule has 0 radical (unpaired) electrons. The highest BCUT2D eigenvalue weighted by Gasteiger charge is 2.12. The Morgan fingerprint density at radius 2 is 1.53 bits per heavy atom. The van der Waals surface area contributed by atoms with Gasteiger partial charge in [0, 0.05) is 16.8 Å². The van der Waals surface area contributed by atoms with E-state index in [1.807, 2.05) is 0 Å². The summed E-state index contributed by atoms with van der Waals surface area (Å²) >= 11 is 29.7. The third kappa shape index (κ3) is 7.01. The Labute approximate surface area is 220 Å². The quantitative estimate of drug-likeness (QED) is 0.184. The summed E-state index contributed by atoms with van der Waals surface area (Å²) in [4.78, 5) is 24.5. The molecular weight excluding hydrogens is 544 g/mol. The molecule has 3 aromatic carbocycles. The van der Waals surface area contributed by atoms with Crippen LogP contribution in [0.3, 0.4) is 0 Å². The predicted octanol–water partition coefficient (Wildman–Crippen LogP) is 7.13. The maximum atomic E-state index is 12.4. The fraction of sp³-hybridized carbons (Fsp3) is 0.0870. The Hall–Kier alpha value is -2.48. The first-order chi connectivity index (χ1) is 16.1. The molecule has 176 valence electrons. The highest BCUT2D eigenvalue weighted by molar-refractivity contribution is 6.43. The van der Waals surface area contributed by atoms with Crippen LogP contribution >= 0.6 is 58.0 Å². The lowest BCUT2D eigenvalue weighted by atomic mass is 10.1. The summed E-state index contributed by atoms with van der Waals surface area (Å²) in [6.07, 6.45) is 0. The van der Waals surface area contributed by atoms with Crippen molar-refractivity contribution in [3.05, 3.63) is 90.8 Å². The smallest absolute Gasteiger partial charge is 0.277 e. The van der Waals surface area contributed by atoms with Crippen molar-refractivity contribution in [1.82, 2.24) is 5.43 Å². The number of nitrogens with one attached hydrogen (secondary N) is 2. The molecule has 0 saturated heterocycles. The second-order valence-electron chi connectivity index (χ2n) is 6.87. The molecule has 3 aromatic rings. The van der Waals surface area contributed by atoms with Crippen LogP contribution in [-0.2, 0) is 4.79 Å². The summed E-state index contributed by atoms with van der Waals surface area (Å²) in [5.41, 5.74) is 4.54. The number of nitrogens with zero attached hydrogens (tertiary/aromatic N) is 1. The Morgan fingerprint density at radius 3 is 2.21 bits per heavy atom. The molecule has 0 saturated carbocycles. The van der Waals surface area contributed by atoms with Crippen LogP contribution in [0, 0.1) is 0 Å². The highest BCUT2D eigenvalue weighted by Crippen LogP contribution is 2.33. The molecule has 6 nitrogen and oxygen atoms in total. The number of rotatable bonds is 7. The number of amides is 2. The Balaban J connectivity index is 1.55. The lowest BCUT2D eigenvalue weighted by Crippen LogP contribution is -2.25. The lowest BCUT2D eigenvalue weighted by molar-refractivity contribution is -0.123. The van der Waals surface area contributed by atoms with Crippen LogP contribution in [0.5, 0.6) is 5.75 Å². The number of halogens is 5. The lowest BCUT2D eigenvalue weighted by Gasteiger charge is -2.09. The highest BCUT2D eigenvalue weighted by atomic mass is 35.5. The van der Waals surface area contributed by atoms with Crippen LogP contribution in [0.4, 0.5) is 5.69 Å². The summed E-state index contributed by atoms with van der Waals surface area (Å²) in [6, 6.07) is 14.4. The normalized spacial score (nSPS) is 11.2. The molecule has 0 unspecified atom stereocenters. The van der Waals surface area contributed by atoms with Gasteiger partial charge in [0.2, 0.25) is 0 Å². The van der Waals surface area contributed by atoms with Gasteiger partial charge in [0.15, 0.2) is 6.61 Å². The van der Waals surface area contributed by atoms with E-state index in [-0.39, 0.29) is 38.4 Å². The van der Waals surface area contributed by atoms with Crippen molar-refractivity contribution in [2.24, 2.45) is 5.10 Å². The molecule has 2 N–H and O–H groups in total. The SMILES string of the molecule is C/C(=N/NC(=O)COc1cc(Cl)c(Cl)cc1Cl)c1ccc(NC(=O)c2ccc(Cl)cc2Cl)cc1. The third-order valence-corrected chi connectivity index (χ3v) is 5.98. The molecule has 0 aromatic heterocycles. The molecule has 0 bridgehead atoms. The molecule has 0 aliphatic carbocycles. The fourth-order valence-corrected chi connectivity index (χ4v) is 3.75. The number of hydrogen-bond acceptors (Lipinski definition) is 4. The van der Waals surface area contributed by atoms with Crippen molar-refractivity contribution in [2.75, 3.05) is 11.9 Å². The first-order valence-corrected chi connectivity index (χ1v) is 11.5.